The lowest BCUT2D eigenvalue weighted by Gasteiger charge is -2.23. The predicted octanol–water partition coefficient (Wildman–Crippen LogP) is 5.72. The second-order valence-corrected chi connectivity index (χ2v) is 7.67. The van der Waals surface area contributed by atoms with E-state index in [1.165, 1.54) is 18.0 Å². The third kappa shape index (κ3) is 6.37. The van der Waals surface area contributed by atoms with Crippen LogP contribution < -0.4 is 10.2 Å². The molecular formula is C27H22F3N3O2. The van der Waals surface area contributed by atoms with Crippen LogP contribution in [-0.4, -0.2) is 24.2 Å². The number of nitrogens with zero attached hydrogens (tertiary/aromatic N) is 2. The Balaban J connectivity index is 1.93. The van der Waals surface area contributed by atoms with E-state index in [1.807, 2.05) is 12.1 Å². The molecule has 0 aromatic heterocycles. The first-order valence-corrected chi connectivity index (χ1v) is 10.5. The SMILES string of the molecule is C=C(/C=C(/C(=O)Nc1cccc(C(O)c2ccccc2)c1)N(C)c1cccc(C#N)c1)C(F)(F)F. The Morgan fingerprint density at radius 3 is 2.37 bits per heavy atom. The molecule has 0 bridgehead atoms. The Labute approximate surface area is 201 Å². The summed E-state index contributed by atoms with van der Waals surface area (Å²) in [5, 5.41) is 22.4. The lowest BCUT2D eigenvalue weighted by atomic mass is 10.0. The number of benzene rings is 3. The van der Waals surface area contributed by atoms with Crippen molar-refractivity contribution in [1.82, 2.24) is 0 Å². The lowest BCUT2D eigenvalue weighted by Crippen LogP contribution is -2.29. The molecule has 5 nitrogen and oxygen atoms in total. The molecule has 0 aliphatic heterocycles. The smallest absolute Gasteiger partial charge is 0.384 e. The van der Waals surface area contributed by atoms with Crippen LogP contribution in [0.25, 0.3) is 0 Å². The van der Waals surface area contributed by atoms with Crippen molar-refractivity contribution in [3.8, 4) is 6.07 Å². The summed E-state index contributed by atoms with van der Waals surface area (Å²) in [7, 11) is 1.42. The van der Waals surface area contributed by atoms with Crippen LogP contribution in [0.3, 0.4) is 0 Å². The highest BCUT2D eigenvalue weighted by molar-refractivity contribution is 6.06. The minimum atomic E-state index is -4.74. The molecule has 2 N–H and O–H groups in total. The van der Waals surface area contributed by atoms with E-state index in [9.17, 15) is 23.1 Å². The van der Waals surface area contributed by atoms with Gasteiger partial charge in [-0.3, -0.25) is 4.79 Å². The Morgan fingerprint density at radius 1 is 1.06 bits per heavy atom. The summed E-state index contributed by atoms with van der Waals surface area (Å²) in [5.41, 5.74) is 0.505. The number of alkyl halides is 3. The van der Waals surface area contributed by atoms with Crippen molar-refractivity contribution in [2.75, 3.05) is 17.3 Å². The summed E-state index contributed by atoms with van der Waals surface area (Å²) in [6.45, 7) is 3.04. The number of hydrogen-bond acceptors (Lipinski definition) is 4. The zero-order chi connectivity index (χ0) is 25.6. The minimum Gasteiger partial charge on any atom is -0.384 e. The molecule has 178 valence electrons. The second-order valence-electron chi connectivity index (χ2n) is 7.67. The van der Waals surface area contributed by atoms with Gasteiger partial charge in [-0.1, -0.05) is 55.1 Å². The number of amides is 1. The average Bonchev–Trinajstić information content (AvgIpc) is 2.86. The normalized spacial score (nSPS) is 12.4. The first-order chi connectivity index (χ1) is 16.6. The molecule has 1 atom stereocenters. The van der Waals surface area contributed by atoms with E-state index in [4.69, 9.17) is 5.26 Å². The lowest BCUT2D eigenvalue weighted by molar-refractivity contribution is -0.112. The van der Waals surface area contributed by atoms with Gasteiger partial charge in [-0.2, -0.15) is 18.4 Å². The molecule has 3 aromatic carbocycles. The first kappa shape index (κ1) is 25.3. The Bertz CT molecular complexity index is 1290. The fraction of sp³-hybridized carbons (Fsp3) is 0.111. The summed E-state index contributed by atoms with van der Waals surface area (Å²) in [6, 6.07) is 23.4. The zero-order valence-electron chi connectivity index (χ0n) is 18.8. The van der Waals surface area contributed by atoms with E-state index >= 15 is 0 Å². The zero-order valence-corrected chi connectivity index (χ0v) is 18.8. The van der Waals surface area contributed by atoms with Gasteiger partial charge in [-0.05, 0) is 47.5 Å². The molecular weight excluding hydrogens is 455 g/mol. The number of likely N-dealkylation sites (N-methyl/N-ethyl adjacent to an activating group) is 1. The van der Waals surface area contributed by atoms with Gasteiger partial charge in [0.25, 0.3) is 5.91 Å². The Morgan fingerprint density at radius 2 is 1.71 bits per heavy atom. The van der Waals surface area contributed by atoms with Crippen molar-refractivity contribution in [2.24, 2.45) is 0 Å². The van der Waals surface area contributed by atoms with Gasteiger partial charge in [0, 0.05) is 18.4 Å². The molecule has 0 fully saturated rings. The molecule has 0 saturated carbocycles. The molecule has 35 heavy (non-hydrogen) atoms. The van der Waals surface area contributed by atoms with Crippen molar-refractivity contribution in [3.63, 3.8) is 0 Å². The van der Waals surface area contributed by atoms with Crippen LogP contribution >= 0.6 is 0 Å². The maximum Gasteiger partial charge on any atom is 0.415 e. The van der Waals surface area contributed by atoms with Crippen LogP contribution in [0, 0.1) is 11.3 Å². The maximum atomic E-state index is 13.2. The van der Waals surface area contributed by atoms with Crippen molar-refractivity contribution < 1.29 is 23.1 Å². The molecule has 3 aromatic rings. The van der Waals surface area contributed by atoms with Gasteiger partial charge in [0.2, 0.25) is 0 Å². The summed E-state index contributed by atoms with van der Waals surface area (Å²) in [6.07, 6.45) is -5.04. The third-order valence-electron chi connectivity index (χ3n) is 5.21. The number of allylic oxidation sites excluding steroid dienone is 2. The summed E-state index contributed by atoms with van der Waals surface area (Å²) >= 11 is 0. The monoisotopic (exact) mass is 477 g/mol. The van der Waals surface area contributed by atoms with Crippen LogP contribution in [0.2, 0.25) is 0 Å². The van der Waals surface area contributed by atoms with E-state index in [0.717, 1.165) is 0 Å². The van der Waals surface area contributed by atoms with Crippen LogP contribution in [0.5, 0.6) is 0 Å². The summed E-state index contributed by atoms with van der Waals surface area (Å²) in [4.78, 5) is 14.4. The van der Waals surface area contributed by atoms with Gasteiger partial charge >= 0.3 is 6.18 Å². The standard InChI is InChI=1S/C27H22F3N3O2/c1-18(27(28,29)30)14-24(33(2)23-13-6-8-19(15-23)17-31)26(35)32-22-12-7-11-21(16-22)25(34)20-9-4-3-5-10-20/h3-16,25,34H,1H2,2H3,(H,32,35)/b24-14-. The number of anilines is 2. The molecule has 0 heterocycles. The van der Waals surface area contributed by atoms with Gasteiger partial charge in [-0.25, -0.2) is 0 Å². The summed E-state index contributed by atoms with van der Waals surface area (Å²) in [5.74, 6) is -0.827. The molecule has 1 amide bonds. The van der Waals surface area contributed by atoms with Crippen LogP contribution in [0.4, 0.5) is 24.5 Å². The number of hydrogen-bond donors (Lipinski definition) is 2. The highest BCUT2D eigenvalue weighted by atomic mass is 19.4. The van der Waals surface area contributed by atoms with E-state index < -0.39 is 23.8 Å². The van der Waals surface area contributed by atoms with Crippen LogP contribution in [-0.2, 0) is 4.79 Å². The first-order valence-electron chi connectivity index (χ1n) is 10.5. The number of carbonyl (C=O) groups excluding carboxylic acids is 1. The predicted molar refractivity (Wildman–Crippen MR) is 128 cm³/mol. The van der Waals surface area contributed by atoms with Crippen LogP contribution in [0.1, 0.15) is 22.8 Å². The van der Waals surface area contributed by atoms with Gasteiger partial charge in [-0.15, -0.1) is 0 Å². The molecule has 0 spiro atoms. The minimum absolute atomic E-state index is 0.283. The number of carbonyl (C=O) groups is 1. The third-order valence-corrected chi connectivity index (χ3v) is 5.21. The van der Waals surface area contributed by atoms with Gasteiger partial charge in [0.05, 0.1) is 17.2 Å². The highest BCUT2D eigenvalue weighted by Gasteiger charge is 2.32. The molecule has 0 aliphatic carbocycles. The molecule has 0 aliphatic rings. The maximum absolute atomic E-state index is 13.2. The second kappa shape index (κ2) is 10.7. The molecule has 1 unspecified atom stereocenters. The van der Waals surface area contributed by atoms with E-state index in [0.29, 0.717) is 22.9 Å². The number of nitriles is 1. The fourth-order valence-corrected chi connectivity index (χ4v) is 3.29. The van der Waals surface area contributed by atoms with E-state index in [-0.39, 0.29) is 16.9 Å². The highest BCUT2D eigenvalue weighted by Crippen LogP contribution is 2.29. The van der Waals surface area contributed by atoms with Crippen molar-refractivity contribution in [3.05, 3.63) is 119 Å². The molecule has 0 radical (unpaired) electrons. The molecule has 0 saturated heterocycles. The average molecular weight is 477 g/mol. The Kier molecular flexibility index (Phi) is 7.74. The van der Waals surface area contributed by atoms with Crippen molar-refractivity contribution in [2.45, 2.75) is 12.3 Å². The number of aliphatic hydroxyl groups excluding tert-OH is 1. The number of rotatable bonds is 7. The fourth-order valence-electron chi connectivity index (χ4n) is 3.29. The largest absolute Gasteiger partial charge is 0.415 e. The quantitative estimate of drug-likeness (QED) is 0.337. The van der Waals surface area contributed by atoms with Crippen molar-refractivity contribution in [1.29, 1.82) is 5.26 Å². The molecule has 8 heteroatoms. The number of nitrogens with one attached hydrogen (secondary N) is 1. The number of aliphatic hydroxyl groups is 1. The number of halogens is 3. The van der Waals surface area contributed by atoms with Crippen molar-refractivity contribution >= 4 is 17.3 Å². The van der Waals surface area contributed by atoms with Gasteiger partial charge in [0.15, 0.2) is 0 Å². The van der Waals surface area contributed by atoms with Crippen LogP contribution in [0.15, 0.2) is 103 Å². The molecule has 3 rings (SSSR count). The van der Waals surface area contributed by atoms with Gasteiger partial charge in [0.1, 0.15) is 11.8 Å². The summed E-state index contributed by atoms with van der Waals surface area (Å²) < 4.78 is 39.7. The topological polar surface area (TPSA) is 76.4 Å². The van der Waals surface area contributed by atoms with E-state index in [1.54, 1.807) is 66.7 Å². The van der Waals surface area contributed by atoms with E-state index in [2.05, 4.69) is 11.9 Å². The Hall–Kier alpha value is -4.35. The van der Waals surface area contributed by atoms with Gasteiger partial charge < -0.3 is 15.3 Å².